The van der Waals surface area contributed by atoms with Crippen LogP contribution >= 0.6 is 15.9 Å². The second kappa shape index (κ2) is 4.89. The number of rotatable bonds is 3. The van der Waals surface area contributed by atoms with Gasteiger partial charge in [-0.3, -0.25) is 0 Å². The number of aromatic hydroxyl groups is 1. The Morgan fingerprint density at radius 2 is 2.12 bits per heavy atom. The maximum atomic E-state index is 13.3. The third-order valence-corrected chi connectivity index (χ3v) is 3.08. The van der Waals surface area contributed by atoms with Crippen LogP contribution in [0.5, 0.6) is 11.5 Å². The van der Waals surface area contributed by atoms with E-state index >= 15 is 0 Å². The lowest BCUT2D eigenvalue weighted by Gasteiger charge is -2.09. The average Bonchev–Trinajstić information content (AvgIpc) is 2.31. The van der Waals surface area contributed by atoms with E-state index in [9.17, 15) is 9.50 Å². The van der Waals surface area contributed by atoms with Crippen LogP contribution in [0.2, 0.25) is 0 Å². The van der Waals surface area contributed by atoms with E-state index in [4.69, 9.17) is 9.47 Å². The zero-order chi connectivity index (χ0) is 12.4. The summed E-state index contributed by atoms with van der Waals surface area (Å²) in [5.41, 5.74) is 0. The molecule has 2 aromatic rings. The van der Waals surface area contributed by atoms with Gasteiger partial charge in [-0.15, -0.1) is 0 Å². The Hall–Kier alpha value is -1.33. The van der Waals surface area contributed by atoms with Crippen LogP contribution in [-0.2, 0) is 4.74 Å². The number of fused-ring (bicyclic) bond motifs is 1. The molecule has 2 rings (SSSR count). The highest BCUT2D eigenvalue weighted by molar-refractivity contribution is 9.10. The van der Waals surface area contributed by atoms with Crippen molar-refractivity contribution in [2.75, 3.05) is 13.9 Å². The van der Waals surface area contributed by atoms with Gasteiger partial charge in [-0.05, 0) is 33.4 Å². The van der Waals surface area contributed by atoms with Crippen molar-refractivity contribution in [3.8, 4) is 11.5 Å². The molecule has 0 amide bonds. The van der Waals surface area contributed by atoms with Crippen LogP contribution in [0, 0.1) is 5.82 Å². The van der Waals surface area contributed by atoms with Crippen LogP contribution in [-0.4, -0.2) is 19.0 Å². The first-order valence-corrected chi connectivity index (χ1v) is 5.65. The molecule has 1 N–H and O–H groups in total. The second-order valence-corrected chi connectivity index (χ2v) is 4.25. The largest absolute Gasteiger partial charge is 0.507 e. The van der Waals surface area contributed by atoms with Gasteiger partial charge in [-0.2, -0.15) is 0 Å². The fourth-order valence-corrected chi connectivity index (χ4v) is 2.12. The van der Waals surface area contributed by atoms with Crippen LogP contribution in [0.3, 0.4) is 0 Å². The standard InChI is InChI=1S/C12H10BrFO3/c1-16-6-17-8-4-7-2-3-9(14)12(13)11(7)10(15)5-8/h2-5,15H,6H2,1H3. The Bertz CT molecular complexity index is 557. The molecule has 17 heavy (non-hydrogen) atoms. The van der Waals surface area contributed by atoms with Gasteiger partial charge in [-0.1, -0.05) is 6.07 Å². The smallest absolute Gasteiger partial charge is 0.188 e. The molecular weight excluding hydrogens is 291 g/mol. The van der Waals surface area contributed by atoms with Gasteiger partial charge in [0, 0.05) is 18.6 Å². The average molecular weight is 301 g/mol. The predicted octanol–water partition coefficient (Wildman–Crippen LogP) is 3.43. The summed E-state index contributed by atoms with van der Waals surface area (Å²) in [5.74, 6) is 0.00805. The predicted molar refractivity (Wildman–Crippen MR) is 65.8 cm³/mol. The first-order valence-electron chi connectivity index (χ1n) is 4.86. The molecule has 0 atom stereocenters. The van der Waals surface area contributed by atoms with Gasteiger partial charge < -0.3 is 14.6 Å². The summed E-state index contributed by atoms with van der Waals surface area (Å²) in [7, 11) is 1.51. The Balaban J connectivity index is 2.56. The van der Waals surface area contributed by atoms with Gasteiger partial charge in [0.05, 0.1) is 4.47 Å². The number of methoxy groups -OCH3 is 1. The Morgan fingerprint density at radius 3 is 2.82 bits per heavy atom. The molecule has 0 radical (unpaired) electrons. The molecule has 0 aliphatic rings. The number of ether oxygens (including phenoxy) is 2. The van der Waals surface area contributed by atoms with E-state index in [-0.39, 0.29) is 17.0 Å². The van der Waals surface area contributed by atoms with E-state index < -0.39 is 5.82 Å². The number of hydrogen-bond acceptors (Lipinski definition) is 3. The minimum absolute atomic E-state index is 0.0417. The second-order valence-electron chi connectivity index (χ2n) is 3.45. The summed E-state index contributed by atoms with van der Waals surface area (Å²) in [4.78, 5) is 0. The zero-order valence-electron chi connectivity index (χ0n) is 9.04. The van der Waals surface area contributed by atoms with Gasteiger partial charge in [0.15, 0.2) is 6.79 Å². The van der Waals surface area contributed by atoms with E-state index in [1.165, 1.54) is 19.2 Å². The van der Waals surface area contributed by atoms with Crippen molar-refractivity contribution in [1.82, 2.24) is 0 Å². The third-order valence-electron chi connectivity index (χ3n) is 2.30. The van der Waals surface area contributed by atoms with Gasteiger partial charge >= 0.3 is 0 Å². The van der Waals surface area contributed by atoms with Crippen LogP contribution in [0.25, 0.3) is 10.8 Å². The monoisotopic (exact) mass is 300 g/mol. The summed E-state index contributed by atoms with van der Waals surface area (Å²) in [5, 5.41) is 10.9. The topological polar surface area (TPSA) is 38.7 Å². The molecule has 0 aliphatic carbocycles. The highest BCUT2D eigenvalue weighted by Crippen LogP contribution is 2.36. The van der Waals surface area contributed by atoms with Gasteiger partial charge in [0.25, 0.3) is 0 Å². The molecule has 5 heteroatoms. The molecule has 3 nitrogen and oxygen atoms in total. The van der Waals surface area contributed by atoms with E-state index in [1.807, 2.05) is 0 Å². The fourth-order valence-electron chi connectivity index (χ4n) is 1.56. The van der Waals surface area contributed by atoms with E-state index in [0.717, 1.165) is 0 Å². The van der Waals surface area contributed by atoms with E-state index in [1.54, 1.807) is 12.1 Å². The van der Waals surface area contributed by atoms with Gasteiger partial charge in [-0.25, -0.2) is 4.39 Å². The summed E-state index contributed by atoms with van der Waals surface area (Å²) in [6.45, 7) is 0.0906. The molecule has 0 bridgehead atoms. The lowest BCUT2D eigenvalue weighted by atomic mass is 10.1. The summed E-state index contributed by atoms with van der Waals surface area (Å²) < 4.78 is 23.6. The number of phenolic OH excluding ortho intramolecular Hbond substituents is 1. The minimum Gasteiger partial charge on any atom is -0.507 e. The number of benzene rings is 2. The highest BCUT2D eigenvalue weighted by Gasteiger charge is 2.10. The molecule has 0 heterocycles. The molecule has 0 spiro atoms. The minimum atomic E-state index is -0.418. The molecule has 0 aromatic heterocycles. The van der Waals surface area contributed by atoms with Crippen LogP contribution < -0.4 is 4.74 Å². The summed E-state index contributed by atoms with van der Waals surface area (Å²) in [6, 6.07) is 6.03. The highest BCUT2D eigenvalue weighted by atomic mass is 79.9. The molecule has 0 fully saturated rings. The van der Waals surface area contributed by atoms with Crippen LogP contribution in [0.4, 0.5) is 4.39 Å². The van der Waals surface area contributed by atoms with Gasteiger partial charge in [0.1, 0.15) is 17.3 Å². The van der Waals surface area contributed by atoms with Crippen molar-refractivity contribution in [2.45, 2.75) is 0 Å². The third kappa shape index (κ3) is 2.35. The lowest BCUT2D eigenvalue weighted by molar-refractivity contribution is 0.0511. The fraction of sp³-hybridized carbons (Fsp3) is 0.167. The molecule has 0 saturated carbocycles. The van der Waals surface area contributed by atoms with Crippen molar-refractivity contribution in [1.29, 1.82) is 0 Å². The number of phenols is 1. The quantitative estimate of drug-likeness (QED) is 0.883. The van der Waals surface area contributed by atoms with Crippen LogP contribution in [0.1, 0.15) is 0 Å². The maximum Gasteiger partial charge on any atom is 0.188 e. The molecule has 2 aromatic carbocycles. The van der Waals surface area contributed by atoms with Crippen molar-refractivity contribution < 1.29 is 19.0 Å². The van der Waals surface area contributed by atoms with Crippen molar-refractivity contribution >= 4 is 26.7 Å². The molecular formula is C12H10BrFO3. The normalized spacial score (nSPS) is 10.8. The maximum absolute atomic E-state index is 13.3. The van der Waals surface area contributed by atoms with E-state index in [2.05, 4.69) is 15.9 Å². The molecule has 0 saturated heterocycles. The Labute approximate surface area is 106 Å². The van der Waals surface area contributed by atoms with Crippen molar-refractivity contribution in [3.05, 3.63) is 34.6 Å². The lowest BCUT2D eigenvalue weighted by Crippen LogP contribution is -1.98. The van der Waals surface area contributed by atoms with Crippen molar-refractivity contribution in [2.24, 2.45) is 0 Å². The molecule has 0 unspecified atom stereocenters. The SMILES string of the molecule is COCOc1cc(O)c2c(Br)c(F)ccc2c1. The first-order chi connectivity index (χ1) is 8.13. The van der Waals surface area contributed by atoms with Gasteiger partial charge in [0.2, 0.25) is 0 Å². The first kappa shape index (κ1) is 12.1. The number of halogens is 2. The van der Waals surface area contributed by atoms with Crippen LogP contribution in [0.15, 0.2) is 28.7 Å². The summed E-state index contributed by atoms with van der Waals surface area (Å²) >= 11 is 3.11. The van der Waals surface area contributed by atoms with E-state index in [0.29, 0.717) is 16.5 Å². The zero-order valence-corrected chi connectivity index (χ0v) is 10.6. The Kier molecular flexibility index (Phi) is 3.49. The molecule has 0 aliphatic heterocycles. The Morgan fingerprint density at radius 1 is 1.35 bits per heavy atom. The summed E-state index contributed by atoms with van der Waals surface area (Å²) in [6.07, 6.45) is 0. The van der Waals surface area contributed by atoms with Crippen molar-refractivity contribution in [3.63, 3.8) is 0 Å². The molecule has 90 valence electrons. The number of hydrogen-bond donors (Lipinski definition) is 1.